The number of benzene rings is 1. The van der Waals surface area contributed by atoms with Crippen molar-refractivity contribution in [2.75, 3.05) is 18.4 Å². The number of nitrogens with one attached hydrogen (secondary N) is 2. The number of hydrogen-bond acceptors (Lipinski definition) is 2. The molecule has 0 aliphatic carbocycles. The number of aryl methyl sites for hydroxylation is 1. The van der Waals surface area contributed by atoms with Crippen molar-refractivity contribution in [2.24, 2.45) is 0 Å². The molecule has 0 radical (unpaired) electrons. The smallest absolute Gasteiger partial charge is 0.238 e. The summed E-state index contributed by atoms with van der Waals surface area (Å²) in [7, 11) is 0. The minimum absolute atomic E-state index is 0.0353. The monoisotopic (exact) mass is 218 g/mol. The van der Waals surface area contributed by atoms with Crippen molar-refractivity contribution in [3.63, 3.8) is 0 Å². The molecule has 0 unspecified atom stereocenters. The number of amides is 1. The van der Waals surface area contributed by atoms with E-state index >= 15 is 0 Å². The fourth-order valence-corrected chi connectivity index (χ4v) is 1.32. The Bertz CT molecular complexity index is 385. The van der Waals surface area contributed by atoms with Crippen LogP contribution in [-0.2, 0) is 4.79 Å². The molecule has 0 saturated carbocycles. The lowest BCUT2D eigenvalue weighted by molar-refractivity contribution is -0.115. The van der Waals surface area contributed by atoms with E-state index in [0.29, 0.717) is 13.1 Å². The number of carbonyl (C=O) groups is 1. The first-order valence-corrected chi connectivity index (χ1v) is 5.29. The van der Waals surface area contributed by atoms with Crippen LogP contribution in [0.5, 0.6) is 0 Å². The lowest BCUT2D eigenvalue weighted by Crippen LogP contribution is -2.29. The molecule has 0 spiro atoms. The quantitative estimate of drug-likeness (QED) is 0.743. The predicted molar refractivity (Wildman–Crippen MR) is 67.5 cm³/mol. The lowest BCUT2D eigenvalue weighted by atomic mass is 10.2. The first-order valence-electron chi connectivity index (χ1n) is 5.29. The normalized spacial score (nSPS) is 9.88. The van der Waals surface area contributed by atoms with Gasteiger partial charge in [-0.1, -0.05) is 24.3 Å². The standard InChI is InChI=1S/C13H18N2O/c1-10(2)8-14-9-13(16)15-12-6-4-5-11(3)7-12/h4-7,14H,1,8-9H2,2-3H3,(H,15,16). The van der Waals surface area contributed by atoms with Gasteiger partial charge in [-0.15, -0.1) is 0 Å². The second-order valence-corrected chi connectivity index (χ2v) is 3.98. The van der Waals surface area contributed by atoms with E-state index in [1.807, 2.05) is 38.1 Å². The second-order valence-electron chi connectivity index (χ2n) is 3.98. The van der Waals surface area contributed by atoms with Crippen LogP contribution in [0.4, 0.5) is 5.69 Å². The maximum Gasteiger partial charge on any atom is 0.238 e. The average Bonchev–Trinajstić information content (AvgIpc) is 2.16. The summed E-state index contributed by atoms with van der Waals surface area (Å²) in [5.74, 6) is -0.0353. The number of rotatable bonds is 5. The van der Waals surface area contributed by atoms with Crippen LogP contribution < -0.4 is 10.6 Å². The van der Waals surface area contributed by atoms with Gasteiger partial charge < -0.3 is 10.6 Å². The van der Waals surface area contributed by atoms with Gasteiger partial charge in [0.25, 0.3) is 0 Å². The maximum atomic E-state index is 11.5. The summed E-state index contributed by atoms with van der Waals surface area (Å²) >= 11 is 0. The van der Waals surface area contributed by atoms with Crippen molar-refractivity contribution >= 4 is 11.6 Å². The van der Waals surface area contributed by atoms with Gasteiger partial charge >= 0.3 is 0 Å². The highest BCUT2D eigenvalue weighted by atomic mass is 16.1. The highest BCUT2D eigenvalue weighted by Crippen LogP contribution is 2.08. The molecule has 0 bridgehead atoms. The third kappa shape index (κ3) is 4.75. The Kier molecular flexibility index (Phi) is 4.73. The van der Waals surface area contributed by atoms with Crippen LogP contribution >= 0.6 is 0 Å². The highest BCUT2D eigenvalue weighted by Gasteiger charge is 2.01. The molecule has 0 aliphatic rings. The molecule has 1 aromatic rings. The zero-order valence-electron chi connectivity index (χ0n) is 9.84. The summed E-state index contributed by atoms with van der Waals surface area (Å²) in [4.78, 5) is 11.5. The Morgan fingerprint density at radius 3 is 2.75 bits per heavy atom. The summed E-state index contributed by atoms with van der Waals surface area (Å²) in [5.41, 5.74) is 2.98. The van der Waals surface area contributed by atoms with E-state index in [1.54, 1.807) is 0 Å². The van der Waals surface area contributed by atoms with E-state index in [0.717, 1.165) is 16.8 Å². The molecular weight excluding hydrogens is 200 g/mol. The number of carbonyl (C=O) groups excluding carboxylic acids is 1. The highest BCUT2D eigenvalue weighted by molar-refractivity contribution is 5.92. The molecule has 1 aromatic carbocycles. The lowest BCUT2D eigenvalue weighted by Gasteiger charge is -2.07. The SMILES string of the molecule is C=C(C)CNCC(=O)Nc1cccc(C)c1. The fourth-order valence-electron chi connectivity index (χ4n) is 1.32. The number of anilines is 1. The molecule has 1 amide bonds. The molecule has 0 aliphatic heterocycles. The minimum atomic E-state index is -0.0353. The Morgan fingerprint density at radius 1 is 1.38 bits per heavy atom. The number of hydrogen-bond donors (Lipinski definition) is 2. The minimum Gasteiger partial charge on any atom is -0.325 e. The molecule has 1 rings (SSSR count). The zero-order chi connectivity index (χ0) is 12.0. The molecule has 3 heteroatoms. The van der Waals surface area contributed by atoms with Gasteiger partial charge in [-0.2, -0.15) is 0 Å². The summed E-state index contributed by atoms with van der Waals surface area (Å²) in [6.45, 7) is 8.64. The largest absolute Gasteiger partial charge is 0.325 e. The van der Waals surface area contributed by atoms with Crippen molar-refractivity contribution in [3.05, 3.63) is 42.0 Å². The Labute approximate surface area is 96.6 Å². The van der Waals surface area contributed by atoms with E-state index in [1.165, 1.54) is 0 Å². The van der Waals surface area contributed by atoms with Gasteiger partial charge in [-0.3, -0.25) is 4.79 Å². The van der Waals surface area contributed by atoms with Gasteiger partial charge in [-0.05, 0) is 31.5 Å². The molecule has 0 fully saturated rings. The van der Waals surface area contributed by atoms with Gasteiger partial charge in [-0.25, -0.2) is 0 Å². The predicted octanol–water partition coefficient (Wildman–Crippen LogP) is 2.10. The molecule has 3 nitrogen and oxygen atoms in total. The molecule has 0 heterocycles. The summed E-state index contributed by atoms with van der Waals surface area (Å²) in [6.07, 6.45) is 0. The Hall–Kier alpha value is -1.61. The first kappa shape index (κ1) is 12.5. The summed E-state index contributed by atoms with van der Waals surface area (Å²) in [6, 6.07) is 7.74. The van der Waals surface area contributed by atoms with Crippen LogP contribution in [0.15, 0.2) is 36.4 Å². The first-order chi connectivity index (χ1) is 7.58. The third-order valence-electron chi connectivity index (χ3n) is 2.01. The molecule has 2 N–H and O–H groups in total. The van der Waals surface area contributed by atoms with E-state index in [-0.39, 0.29) is 5.91 Å². The van der Waals surface area contributed by atoms with Crippen LogP contribution in [0.2, 0.25) is 0 Å². The van der Waals surface area contributed by atoms with Crippen LogP contribution in [0.1, 0.15) is 12.5 Å². The van der Waals surface area contributed by atoms with Gasteiger partial charge in [0.15, 0.2) is 0 Å². The molecule has 86 valence electrons. The van der Waals surface area contributed by atoms with Crippen molar-refractivity contribution < 1.29 is 4.79 Å². The van der Waals surface area contributed by atoms with Crippen LogP contribution in [-0.4, -0.2) is 19.0 Å². The van der Waals surface area contributed by atoms with E-state index in [2.05, 4.69) is 17.2 Å². The van der Waals surface area contributed by atoms with Crippen molar-refractivity contribution in [3.8, 4) is 0 Å². The van der Waals surface area contributed by atoms with Crippen molar-refractivity contribution in [2.45, 2.75) is 13.8 Å². The van der Waals surface area contributed by atoms with E-state index < -0.39 is 0 Å². The summed E-state index contributed by atoms with van der Waals surface area (Å²) in [5, 5.41) is 5.83. The average molecular weight is 218 g/mol. The Morgan fingerprint density at radius 2 is 2.12 bits per heavy atom. The maximum absolute atomic E-state index is 11.5. The van der Waals surface area contributed by atoms with Crippen LogP contribution in [0.25, 0.3) is 0 Å². The second kappa shape index (κ2) is 6.08. The van der Waals surface area contributed by atoms with Crippen LogP contribution in [0, 0.1) is 6.92 Å². The van der Waals surface area contributed by atoms with Gasteiger partial charge in [0.05, 0.1) is 6.54 Å². The molecule has 0 saturated heterocycles. The topological polar surface area (TPSA) is 41.1 Å². The van der Waals surface area contributed by atoms with Gasteiger partial charge in [0.2, 0.25) is 5.91 Å². The van der Waals surface area contributed by atoms with Crippen LogP contribution in [0.3, 0.4) is 0 Å². The Balaban J connectivity index is 2.37. The van der Waals surface area contributed by atoms with E-state index in [4.69, 9.17) is 0 Å². The molecule has 16 heavy (non-hydrogen) atoms. The van der Waals surface area contributed by atoms with Crippen molar-refractivity contribution in [1.29, 1.82) is 0 Å². The van der Waals surface area contributed by atoms with Gasteiger partial charge in [0, 0.05) is 12.2 Å². The van der Waals surface area contributed by atoms with Crippen molar-refractivity contribution in [1.82, 2.24) is 5.32 Å². The molecule has 0 atom stereocenters. The summed E-state index contributed by atoms with van der Waals surface area (Å²) < 4.78 is 0. The van der Waals surface area contributed by atoms with E-state index in [9.17, 15) is 4.79 Å². The molecule has 0 aromatic heterocycles. The van der Waals surface area contributed by atoms with Gasteiger partial charge in [0.1, 0.15) is 0 Å². The third-order valence-corrected chi connectivity index (χ3v) is 2.01. The zero-order valence-corrected chi connectivity index (χ0v) is 9.84. The fraction of sp³-hybridized carbons (Fsp3) is 0.308. The molecular formula is C13H18N2O.